The van der Waals surface area contributed by atoms with Gasteiger partial charge >= 0.3 is 0 Å². The Kier molecular flexibility index (Phi) is 5.91. The zero-order valence-corrected chi connectivity index (χ0v) is 19.4. The molecule has 0 bridgehead atoms. The second-order valence-electron chi connectivity index (χ2n) is 8.28. The monoisotopic (exact) mass is 477 g/mol. The summed E-state index contributed by atoms with van der Waals surface area (Å²) in [6.45, 7) is 2.11. The summed E-state index contributed by atoms with van der Waals surface area (Å²) in [5, 5.41) is 0. The van der Waals surface area contributed by atoms with Gasteiger partial charge < -0.3 is 40.5 Å². The lowest BCUT2D eigenvalue weighted by molar-refractivity contribution is 0.1000. The molecule has 35 heavy (non-hydrogen) atoms. The SMILES string of the molecule is COCc1cc2c3c(c1)nc(N)n3C/C=C/Cn1c(N)nc3cc(C(N)=O)cc(c31)OCCCO2. The fourth-order valence-electron chi connectivity index (χ4n) is 4.32. The van der Waals surface area contributed by atoms with Gasteiger partial charge in [-0.05, 0) is 29.8 Å². The van der Waals surface area contributed by atoms with Crippen LogP contribution in [0.2, 0.25) is 0 Å². The van der Waals surface area contributed by atoms with Gasteiger partial charge in [0, 0.05) is 32.2 Å². The van der Waals surface area contributed by atoms with Gasteiger partial charge in [-0.1, -0.05) is 12.2 Å². The summed E-state index contributed by atoms with van der Waals surface area (Å²) in [7, 11) is 1.64. The second kappa shape index (κ2) is 9.18. The van der Waals surface area contributed by atoms with Gasteiger partial charge in [-0.25, -0.2) is 9.97 Å². The number of amides is 1. The van der Waals surface area contributed by atoms with Crippen molar-refractivity contribution in [1.29, 1.82) is 0 Å². The van der Waals surface area contributed by atoms with E-state index in [0.717, 1.165) is 16.6 Å². The fourth-order valence-corrected chi connectivity index (χ4v) is 4.32. The first-order valence-corrected chi connectivity index (χ1v) is 11.2. The van der Waals surface area contributed by atoms with Crippen molar-refractivity contribution in [2.45, 2.75) is 26.1 Å². The highest BCUT2D eigenvalue weighted by molar-refractivity contribution is 5.98. The number of carbonyl (C=O) groups excluding carboxylic acids is 1. The minimum absolute atomic E-state index is 0.307. The largest absolute Gasteiger partial charge is 0.491 e. The number of hydrogen-bond donors (Lipinski definition) is 3. The zero-order valence-electron chi connectivity index (χ0n) is 19.4. The molecule has 2 aromatic carbocycles. The summed E-state index contributed by atoms with van der Waals surface area (Å²) in [5.41, 5.74) is 22.0. The van der Waals surface area contributed by atoms with Crippen LogP contribution >= 0.6 is 0 Å². The van der Waals surface area contributed by atoms with Gasteiger partial charge in [-0.15, -0.1) is 0 Å². The van der Waals surface area contributed by atoms with Crippen LogP contribution in [0.5, 0.6) is 11.5 Å². The Morgan fingerprint density at radius 3 is 2.09 bits per heavy atom. The molecule has 11 heteroatoms. The number of nitrogens with two attached hydrogens (primary N) is 3. The van der Waals surface area contributed by atoms with Crippen molar-refractivity contribution >= 4 is 39.9 Å². The molecule has 1 aliphatic heterocycles. The molecule has 0 fully saturated rings. The van der Waals surface area contributed by atoms with E-state index >= 15 is 0 Å². The number of allylic oxidation sites excluding steroid dienone is 2. The minimum Gasteiger partial charge on any atom is -0.491 e. The van der Waals surface area contributed by atoms with E-state index < -0.39 is 5.91 Å². The van der Waals surface area contributed by atoms with Crippen LogP contribution in [-0.4, -0.2) is 45.3 Å². The number of carbonyl (C=O) groups is 1. The second-order valence-corrected chi connectivity index (χ2v) is 8.28. The first-order valence-electron chi connectivity index (χ1n) is 11.2. The molecule has 3 heterocycles. The fraction of sp³-hybridized carbons (Fsp3) is 0.292. The topological polar surface area (TPSA) is 158 Å². The maximum atomic E-state index is 11.8. The number of ether oxygens (including phenoxy) is 3. The molecule has 1 amide bonds. The van der Waals surface area contributed by atoms with E-state index in [9.17, 15) is 4.79 Å². The maximum Gasteiger partial charge on any atom is 0.248 e. The smallest absolute Gasteiger partial charge is 0.248 e. The number of nitrogen functional groups attached to an aromatic ring is 2. The minimum atomic E-state index is -0.563. The van der Waals surface area contributed by atoms with Gasteiger partial charge in [-0.2, -0.15) is 0 Å². The number of aromatic nitrogens is 4. The predicted octanol–water partition coefficient (Wildman–Crippen LogP) is 2.21. The highest BCUT2D eigenvalue weighted by atomic mass is 16.5. The summed E-state index contributed by atoms with van der Waals surface area (Å²) in [4.78, 5) is 20.8. The average molecular weight is 478 g/mol. The Morgan fingerprint density at radius 1 is 0.943 bits per heavy atom. The van der Waals surface area contributed by atoms with Gasteiger partial charge in [0.15, 0.2) is 0 Å². The highest BCUT2D eigenvalue weighted by Crippen LogP contribution is 2.32. The standard InChI is InChI=1S/C24H27N7O4/c1-33-13-14-9-16-20-18(10-14)34-7-4-8-35-19-12-15(22(25)32)11-17-21(19)31(24(27)29-17)6-3-2-5-30(20)23(26)28-16/h2-3,9-12H,4-8,13H2,1H3,(H2,25,32)(H2,26,28)(H2,27,29)/b3-2+. The maximum absolute atomic E-state index is 11.8. The van der Waals surface area contributed by atoms with Crippen LogP contribution in [-0.2, 0) is 24.4 Å². The molecule has 0 spiro atoms. The van der Waals surface area contributed by atoms with Gasteiger partial charge in [-0.3, -0.25) is 4.79 Å². The van der Waals surface area contributed by atoms with Crippen molar-refractivity contribution in [2.24, 2.45) is 5.73 Å². The summed E-state index contributed by atoms with van der Waals surface area (Å²) in [6.07, 6.45) is 4.53. The third kappa shape index (κ3) is 4.21. The van der Waals surface area contributed by atoms with Gasteiger partial charge in [0.25, 0.3) is 0 Å². The normalized spacial score (nSPS) is 15.2. The van der Waals surface area contributed by atoms with E-state index in [2.05, 4.69) is 9.97 Å². The number of rotatable bonds is 3. The molecule has 6 N–H and O–H groups in total. The molecule has 4 aromatic rings. The Morgan fingerprint density at radius 2 is 1.51 bits per heavy atom. The number of anilines is 2. The number of methoxy groups -OCH3 is 1. The Hall–Kier alpha value is -4.25. The number of nitrogens with zero attached hydrogens (tertiary/aromatic N) is 4. The van der Waals surface area contributed by atoms with Crippen LogP contribution in [0.4, 0.5) is 11.9 Å². The molecule has 2 aromatic heterocycles. The van der Waals surface area contributed by atoms with Crippen LogP contribution in [0.15, 0.2) is 36.4 Å². The molecule has 5 rings (SSSR count). The number of benzene rings is 2. The average Bonchev–Trinajstić information content (AvgIpc) is 3.30. The Labute approximate surface area is 201 Å². The molecule has 11 nitrogen and oxygen atoms in total. The molecule has 0 saturated carbocycles. The van der Waals surface area contributed by atoms with E-state index in [1.165, 1.54) is 0 Å². The lowest BCUT2D eigenvalue weighted by Gasteiger charge is -2.13. The molecule has 0 radical (unpaired) electrons. The van der Waals surface area contributed by atoms with E-state index in [4.69, 9.17) is 31.4 Å². The van der Waals surface area contributed by atoms with Crippen LogP contribution in [0.1, 0.15) is 22.3 Å². The van der Waals surface area contributed by atoms with Crippen molar-refractivity contribution in [3.05, 3.63) is 47.5 Å². The van der Waals surface area contributed by atoms with Crippen molar-refractivity contribution in [3.63, 3.8) is 0 Å². The summed E-state index contributed by atoms with van der Waals surface area (Å²) in [5.74, 6) is 1.31. The van der Waals surface area contributed by atoms with Crippen LogP contribution in [0, 0.1) is 0 Å². The van der Waals surface area contributed by atoms with E-state index in [1.54, 1.807) is 19.2 Å². The summed E-state index contributed by atoms with van der Waals surface area (Å²) < 4.78 is 21.3. The Balaban J connectivity index is 1.56. The molecular formula is C24H27N7O4. The number of imidazole rings is 2. The molecule has 0 unspecified atom stereocenters. The third-order valence-electron chi connectivity index (χ3n) is 5.87. The van der Waals surface area contributed by atoms with Crippen LogP contribution in [0.25, 0.3) is 22.1 Å². The lowest BCUT2D eigenvalue weighted by atomic mass is 10.1. The lowest BCUT2D eigenvalue weighted by Crippen LogP contribution is -2.12. The number of primary amides is 1. The molecule has 0 aliphatic carbocycles. The predicted molar refractivity (Wildman–Crippen MR) is 132 cm³/mol. The van der Waals surface area contributed by atoms with Crippen molar-refractivity contribution in [2.75, 3.05) is 31.8 Å². The van der Waals surface area contributed by atoms with Gasteiger partial charge in [0.05, 0.1) is 30.9 Å². The first-order chi connectivity index (χ1) is 17.0. The molecular weight excluding hydrogens is 450 g/mol. The van der Waals surface area contributed by atoms with E-state index in [-0.39, 0.29) is 0 Å². The molecule has 182 valence electrons. The molecule has 1 aliphatic rings. The molecule has 0 saturated heterocycles. The van der Waals surface area contributed by atoms with Crippen LogP contribution < -0.4 is 26.7 Å². The van der Waals surface area contributed by atoms with Gasteiger partial charge in [0.2, 0.25) is 17.8 Å². The van der Waals surface area contributed by atoms with Crippen molar-refractivity contribution in [1.82, 2.24) is 19.1 Å². The highest BCUT2D eigenvalue weighted by Gasteiger charge is 2.18. The summed E-state index contributed by atoms with van der Waals surface area (Å²) in [6, 6.07) is 7.15. The zero-order chi connectivity index (χ0) is 24.5. The molecule has 0 atom stereocenters. The van der Waals surface area contributed by atoms with Gasteiger partial charge in [0.1, 0.15) is 22.5 Å². The van der Waals surface area contributed by atoms with E-state index in [0.29, 0.717) is 79.3 Å². The number of hydrogen-bond acceptors (Lipinski definition) is 8. The van der Waals surface area contributed by atoms with Crippen molar-refractivity contribution in [3.8, 4) is 11.5 Å². The quantitative estimate of drug-likeness (QED) is 0.379. The third-order valence-corrected chi connectivity index (χ3v) is 5.87. The van der Waals surface area contributed by atoms with E-state index in [1.807, 2.05) is 33.4 Å². The Bertz CT molecular complexity index is 1450. The van der Waals surface area contributed by atoms with Crippen molar-refractivity contribution < 1.29 is 19.0 Å². The first kappa shape index (κ1) is 22.5. The summed E-state index contributed by atoms with van der Waals surface area (Å²) >= 11 is 0. The van der Waals surface area contributed by atoms with Crippen LogP contribution in [0.3, 0.4) is 0 Å².